The molecule has 0 spiro atoms. The van der Waals surface area contributed by atoms with Gasteiger partial charge in [-0.15, -0.1) is 5.10 Å². The molecule has 1 N–H and O–H groups in total. The van der Waals surface area contributed by atoms with Crippen molar-refractivity contribution in [1.82, 2.24) is 20.2 Å². The molecule has 2 rings (SSSR count). The van der Waals surface area contributed by atoms with Gasteiger partial charge in [-0.2, -0.15) is 0 Å². The number of carboxylic acids is 1. The van der Waals surface area contributed by atoms with Crippen LogP contribution in [0.2, 0.25) is 0 Å². The second-order valence-electron chi connectivity index (χ2n) is 5.27. The van der Waals surface area contributed by atoms with Gasteiger partial charge in [0.2, 0.25) is 0 Å². The van der Waals surface area contributed by atoms with Crippen LogP contribution < -0.4 is 0 Å². The van der Waals surface area contributed by atoms with Gasteiger partial charge < -0.3 is 5.11 Å². The van der Waals surface area contributed by atoms with Crippen LogP contribution in [0.15, 0.2) is 22.7 Å². The van der Waals surface area contributed by atoms with Crippen molar-refractivity contribution in [2.75, 3.05) is 0 Å². The zero-order valence-corrected chi connectivity index (χ0v) is 13.7. The number of benzene rings is 1. The molecule has 0 saturated heterocycles. The molecule has 1 unspecified atom stereocenters. The molecule has 0 fully saturated rings. The van der Waals surface area contributed by atoms with Gasteiger partial charge >= 0.3 is 5.97 Å². The maximum Gasteiger partial charge on any atom is 0.305 e. The number of aliphatic carboxylic acids is 1. The van der Waals surface area contributed by atoms with E-state index >= 15 is 0 Å². The third-order valence-electron chi connectivity index (χ3n) is 3.47. The van der Waals surface area contributed by atoms with E-state index in [0.717, 1.165) is 15.6 Å². The highest BCUT2D eigenvalue weighted by Crippen LogP contribution is 2.30. The number of tetrazole rings is 1. The summed E-state index contributed by atoms with van der Waals surface area (Å²) >= 11 is 3.49. The Hall–Kier alpha value is -1.76. The van der Waals surface area contributed by atoms with Crippen molar-refractivity contribution < 1.29 is 9.90 Å². The molecule has 0 aliphatic rings. The first kappa shape index (κ1) is 15.6. The fraction of sp³-hybridized carbons (Fsp3) is 0.429. The van der Waals surface area contributed by atoms with Gasteiger partial charge in [0.1, 0.15) is 0 Å². The number of carboxylic acid groups (broad SMARTS) is 1. The minimum Gasteiger partial charge on any atom is -0.481 e. The van der Waals surface area contributed by atoms with Crippen molar-refractivity contribution >= 4 is 21.9 Å². The van der Waals surface area contributed by atoms with E-state index in [0.29, 0.717) is 5.82 Å². The minimum absolute atomic E-state index is 0.0112. The first-order valence-electron chi connectivity index (χ1n) is 6.67. The number of hydrogen-bond donors (Lipinski definition) is 1. The lowest BCUT2D eigenvalue weighted by Gasteiger charge is -2.20. The van der Waals surface area contributed by atoms with Gasteiger partial charge in [-0.3, -0.25) is 4.79 Å². The van der Waals surface area contributed by atoms with Gasteiger partial charge in [-0.05, 0) is 34.9 Å². The molecule has 0 aliphatic carbocycles. The van der Waals surface area contributed by atoms with Crippen molar-refractivity contribution in [2.24, 2.45) is 5.92 Å². The standard InChI is InChI=1S/C14H17BrN4O2/c1-8(2)12(7-13(20)21)19-14(16-17-18-19)10-5-4-6-11(15)9(10)3/h4-6,8,12H,7H2,1-3H3,(H,20,21). The average molecular weight is 353 g/mol. The molecule has 1 heterocycles. The summed E-state index contributed by atoms with van der Waals surface area (Å²) in [6.45, 7) is 5.90. The molecular formula is C14H17BrN4O2. The van der Waals surface area contributed by atoms with Crippen molar-refractivity contribution in [1.29, 1.82) is 0 Å². The molecule has 0 amide bonds. The topological polar surface area (TPSA) is 80.9 Å². The Bertz CT molecular complexity index is 654. The Morgan fingerprint density at radius 1 is 1.43 bits per heavy atom. The Labute approximate surface area is 131 Å². The number of carbonyl (C=O) groups is 1. The summed E-state index contributed by atoms with van der Waals surface area (Å²) in [5, 5.41) is 20.9. The molecule has 0 saturated carbocycles. The van der Waals surface area contributed by atoms with Gasteiger partial charge in [0.15, 0.2) is 5.82 Å². The van der Waals surface area contributed by atoms with Crippen molar-refractivity contribution in [2.45, 2.75) is 33.2 Å². The van der Waals surface area contributed by atoms with Crippen LogP contribution in [0, 0.1) is 12.8 Å². The molecule has 7 heteroatoms. The second kappa shape index (κ2) is 6.34. The molecule has 1 aromatic heterocycles. The van der Waals surface area contributed by atoms with E-state index in [4.69, 9.17) is 5.11 Å². The Morgan fingerprint density at radius 2 is 2.14 bits per heavy atom. The Morgan fingerprint density at radius 3 is 2.76 bits per heavy atom. The average Bonchev–Trinajstić information content (AvgIpc) is 2.87. The summed E-state index contributed by atoms with van der Waals surface area (Å²) in [7, 11) is 0. The van der Waals surface area contributed by atoms with Crippen LogP contribution >= 0.6 is 15.9 Å². The van der Waals surface area contributed by atoms with E-state index in [1.165, 1.54) is 0 Å². The predicted octanol–water partition coefficient (Wildman–Crippen LogP) is 3.08. The zero-order chi connectivity index (χ0) is 15.6. The first-order chi connectivity index (χ1) is 9.91. The number of nitrogens with zero attached hydrogens (tertiary/aromatic N) is 4. The lowest BCUT2D eigenvalue weighted by atomic mass is 10.0. The van der Waals surface area contributed by atoms with Gasteiger partial charge in [0.25, 0.3) is 0 Å². The normalized spacial score (nSPS) is 12.6. The first-order valence-corrected chi connectivity index (χ1v) is 7.46. The summed E-state index contributed by atoms with van der Waals surface area (Å²) in [6, 6.07) is 5.50. The van der Waals surface area contributed by atoms with Crippen LogP contribution in [-0.4, -0.2) is 31.3 Å². The third kappa shape index (κ3) is 3.29. The van der Waals surface area contributed by atoms with Gasteiger partial charge in [-0.1, -0.05) is 41.9 Å². The maximum absolute atomic E-state index is 11.1. The van der Waals surface area contributed by atoms with E-state index in [1.54, 1.807) is 4.68 Å². The van der Waals surface area contributed by atoms with E-state index in [9.17, 15) is 4.79 Å². The van der Waals surface area contributed by atoms with Crippen molar-refractivity contribution in [3.63, 3.8) is 0 Å². The van der Waals surface area contributed by atoms with Crippen LogP contribution in [-0.2, 0) is 4.79 Å². The molecule has 0 radical (unpaired) electrons. The summed E-state index contributed by atoms with van der Waals surface area (Å²) in [4.78, 5) is 11.1. The van der Waals surface area contributed by atoms with E-state index < -0.39 is 5.97 Å². The quantitative estimate of drug-likeness (QED) is 0.893. The lowest BCUT2D eigenvalue weighted by molar-refractivity contribution is -0.138. The number of rotatable bonds is 5. The fourth-order valence-electron chi connectivity index (χ4n) is 2.23. The van der Waals surface area contributed by atoms with Crippen LogP contribution in [0.1, 0.15) is 31.9 Å². The van der Waals surface area contributed by atoms with Gasteiger partial charge in [0.05, 0.1) is 12.5 Å². The molecule has 0 aliphatic heterocycles. The minimum atomic E-state index is -0.860. The van der Waals surface area contributed by atoms with Crippen LogP contribution in [0.25, 0.3) is 11.4 Å². The SMILES string of the molecule is Cc1c(Br)cccc1-c1nnnn1C(CC(=O)O)C(C)C. The largest absolute Gasteiger partial charge is 0.481 e. The molecule has 6 nitrogen and oxygen atoms in total. The van der Waals surface area contributed by atoms with Gasteiger partial charge in [0, 0.05) is 10.0 Å². The monoisotopic (exact) mass is 352 g/mol. The third-order valence-corrected chi connectivity index (χ3v) is 4.33. The molecule has 1 aromatic carbocycles. The zero-order valence-electron chi connectivity index (χ0n) is 12.1. The molecule has 21 heavy (non-hydrogen) atoms. The Kier molecular flexibility index (Phi) is 4.72. The number of aromatic nitrogens is 4. The molecule has 0 bridgehead atoms. The summed E-state index contributed by atoms with van der Waals surface area (Å²) < 4.78 is 2.59. The second-order valence-corrected chi connectivity index (χ2v) is 6.12. The van der Waals surface area contributed by atoms with E-state index in [1.807, 2.05) is 39.0 Å². The fourth-order valence-corrected chi connectivity index (χ4v) is 2.59. The van der Waals surface area contributed by atoms with Crippen molar-refractivity contribution in [3.8, 4) is 11.4 Å². The van der Waals surface area contributed by atoms with Crippen LogP contribution in [0.4, 0.5) is 0 Å². The van der Waals surface area contributed by atoms with Crippen molar-refractivity contribution in [3.05, 3.63) is 28.2 Å². The molecule has 112 valence electrons. The van der Waals surface area contributed by atoms with E-state index in [-0.39, 0.29) is 18.4 Å². The van der Waals surface area contributed by atoms with Crippen LogP contribution in [0.3, 0.4) is 0 Å². The molecule has 1 atom stereocenters. The number of halogens is 1. The highest BCUT2D eigenvalue weighted by atomic mass is 79.9. The van der Waals surface area contributed by atoms with E-state index in [2.05, 4.69) is 31.5 Å². The highest BCUT2D eigenvalue weighted by Gasteiger charge is 2.25. The Balaban J connectivity index is 2.51. The maximum atomic E-state index is 11.1. The predicted molar refractivity (Wildman–Crippen MR) is 81.8 cm³/mol. The van der Waals surface area contributed by atoms with Gasteiger partial charge in [-0.25, -0.2) is 4.68 Å². The lowest BCUT2D eigenvalue weighted by Crippen LogP contribution is -2.21. The smallest absolute Gasteiger partial charge is 0.305 e. The highest BCUT2D eigenvalue weighted by molar-refractivity contribution is 9.10. The summed E-state index contributed by atoms with van der Waals surface area (Å²) in [6.07, 6.45) is -0.0112. The molecular weight excluding hydrogens is 336 g/mol. The van der Waals surface area contributed by atoms with Crippen LogP contribution in [0.5, 0.6) is 0 Å². The summed E-state index contributed by atoms with van der Waals surface area (Å²) in [5.74, 6) is -0.161. The summed E-state index contributed by atoms with van der Waals surface area (Å²) in [5.41, 5.74) is 1.91. The molecule has 2 aromatic rings. The number of hydrogen-bond acceptors (Lipinski definition) is 4.